The number of sulfone groups is 1. The van der Waals surface area contributed by atoms with Crippen LogP contribution < -0.4 is 18.9 Å². The maximum Gasteiger partial charge on any atom is 0.335 e. The highest BCUT2D eigenvalue weighted by Gasteiger charge is 2.29. The van der Waals surface area contributed by atoms with Gasteiger partial charge in [0.05, 0.1) is 9.79 Å². The third-order valence-electron chi connectivity index (χ3n) is 11.4. The second kappa shape index (κ2) is 17.9. The Morgan fingerprint density at radius 2 is 0.778 bits per heavy atom. The van der Waals surface area contributed by atoms with E-state index in [2.05, 4.69) is 40.9 Å². The van der Waals surface area contributed by atoms with E-state index in [4.69, 9.17) is 18.9 Å². The Morgan fingerprint density at radius 1 is 0.444 bits per heavy atom. The summed E-state index contributed by atoms with van der Waals surface area (Å²) in [6.45, 7) is 22.8. The fourth-order valence-corrected chi connectivity index (χ4v) is 8.45. The minimum atomic E-state index is -3.82. The lowest BCUT2D eigenvalue weighted by Gasteiger charge is -2.29. The van der Waals surface area contributed by atoms with Crippen molar-refractivity contribution in [3.8, 4) is 28.7 Å². The smallest absolute Gasteiger partial charge is 0.335 e. The maximum absolute atomic E-state index is 13.7. The zero-order valence-corrected chi connectivity index (χ0v) is 37.9. The summed E-state index contributed by atoms with van der Waals surface area (Å²) in [5, 5.41) is 0. The lowest BCUT2D eigenvalue weighted by Crippen LogP contribution is -2.36. The molecule has 0 fully saturated rings. The number of ketones is 1. The van der Waals surface area contributed by atoms with E-state index in [-0.39, 0.29) is 26.4 Å². The lowest BCUT2D eigenvalue weighted by atomic mass is 9.78. The molecular weight excluding hydrogens is 809 g/mol. The van der Waals surface area contributed by atoms with E-state index in [0.29, 0.717) is 28.7 Å². The van der Waals surface area contributed by atoms with Crippen LogP contribution in [0.1, 0.15) is 83.2 Å². The van der Waals surface area contributed by atoms with Crippen LogP contribution in [0.3, 0.4) is 0 Å². The van der Waals surface area contributed by atoms with Crippen LogP contribution >= 0.6 is 0 Å². The van der Waals surface area contributed by atoms with E-state index >= 15 is 0 Å². The largest absolute Gasteiger partial charge is 0.483 e. The predicted octanol–water partition coefficient (Wildman–Crippen LogP) is 12.3. The molecule has 0 aliphatic carbocycles. The molecule has 6 rings (SSSR count). The molecule has 0 aliphatic heterocycles. The number of rotatable bonds is 17. The molecule has 0 saturated carbocycles. The van der Waals surface area contributed by atoms with E-state index < -0.39 is 27.0 Å². The van der Waals surface area contributed by atoms with Crippen molar-refractivity contribution in [3.63, 3.8) is 0 Å². The van der Waals surface area contributed by atoms with Gasteiger partial charge in [-0.25, -0.2) is 13.2 Å². The zero-order chi connectivity index (χ0) is 45.8. The van der Waals surface area contributed by atoms with Gasteiger partial charge in [0.15, 0.2) is 11.4 Å². The quantitative estimate of drug-likeness (QED) is 0.0507. The molecule has 0 aliphatic rings. The second-order valence-electron chi connectivity index (χ2n) is 17.4. The predicted molar refractivity (Wildman–Crippen MR) is 248 cm³/mol. The SMILES string of the molecule is C=CC(=O)Oc1ccc(C(C)(C)c2ccc(OC(C)(C)c3ccc(S(=O)(=O)c4ccc(Oc5ccc(C(C)(C)c6ccc(OC(C)(C)C(=O)C=C)cc6)cc5)cc4)cc3)cc2)cc1. The Kier molecular flexibility index (Phi) is 13.0. The molecule has 6 aromatic rings. The highest BCUT2D eigenvalue weighted by molar-refractivity contribution is 7.91. The fourth-order valence-electron chi connectivity index (χ4n) is 7.19. The van der Waals surface area contributed by atoms with Crippen LogP contribution in [0.5, 0.6) is 28.7 Å². The van der Waals surface area contributed by atoms with Crippen LogP contribution in [-0.2, 0) is 35.9 Å². The van der Waals surface area contributed by atoms with Gasteiger partial charge in [0.25, 0.3) is 0 Å². The minimum Gasteiger partial charge on any atom is -0.483 e. The third-order valence-corrected chi connectivity index (χ3v) is 13.2. The summed E-state index contributed by atoms with van der Waals surface area (Å²) in [5.74, 6) is 2.13. The highest BCUT2D eigenvalue weighted by Crippen LogP contribution is 2.37. The number of carbonyl (C=O) groups is 2. The number of benzene rings is 6. The Morgan fingerprint density at radius 3 is 1.17 bits per heavy atom. The molecule has 0 atom stereocenters. The summed E-state index contributed by atoms with van der Waals surface area (Å²) in [6, 6.07) is 44.0. The van der Waals surface area contributed by atoms with Crippen molar-refractivity contribution < 1.29 is 37.0 Å². The zero-order valence-electron chi connectivity index (χ0n) is 37.1. The second-order valence-corrected chi connectivity index (χ2v) is 19.3. The van der Waals surface area contributed by atoms with E-state index in [1.165, 1.54) is 6.08 Å². The van der Waals surface area contributed by atoms with Crippen LogP contribution in [0.2, 0.25) is 0 Å². The topological polar surface area (TPSA) is 105 Å². The van der Waals surface area contributed by atoms with Gasteiger partial charge in [0.1, 0.15) is 34.3 Å². The summed E-state index contributed by atoms with van der Waals surface area (Å²) in [6.07, 6.45) is 2.40. The van der Waals surface area contributed by atoms with Crippen molar-refractivity contribution >= 4 is 21.6 Å². The van der Waals surface area contributed by atoms with Crippen LogP contribution in [0, 0.1) is 0 Å². The highest BCUT2D eigenvalue weighted by atomic mass is 32.2. The van der Waals surface area contributed by atoms with Gasteiger partial charge in [0.2, 0.25) is 9.84 Å². The first-order chi connectivity index (χ1) is 29.6. The summed E-state index contributed by atoms with van der Waals surface area (Å²) >= 11 is 0. The molecule has 0 N–H and O–H groups in total. The molecule has 0 unspecified atom stereocenters. The first-order valence-electron chi connectivity index (χ1n) is 20.6. The van der Waals surface area contributed by atoms with Crippen molar-refractivity contribution in [1.29, 1.82) is 0 Å². The standard InChI is InChI=1S/C54H54O8S/c1-11-49(55)54(9,10)62-46-29-19-40(20-30-46)51(3,4)37-13-23-42(24-14-37)59-43-31-35-48(36-32-43)63(57,58)47-33-21-41(22-34-47)53(7,8)61-45-27-17-39(18-28-45)52(5,6)38-15-25-44(26-16-38)60-50(56)12-2/h11-36H,1-2H2,3-10H3. The molecule has 0 radical (unpaired) electrons. The molecule has 0 saturated heterocycles. The molecule has 6 aromatic carbocycles. The average molecular weight is 863 g/mol. The van der Waals surface area contributed by atoms with Crippen molar-refractivity contribution in [2.45, 2.75) is 87.2 Å². The van der Waals surface area contributed by atoms with Crippen molar-refractivity contribution in [1.82, 2.24) is 0 Å². The Hall–Kier alpha value is -6.71. The summed E-state index contributed by atoms with van der Waals surface area (Å²) in [7, 11) is -3.82. The molecule has 0 aromatic heterocycles. The summed E-state index contributed by atoms with van der Waals surface area (Å²) in [4.78, 5) is 24.0. The lowest BCUT2D eigenvalue weighted by molar-refractivity contribution is -0.129. The van der Waals surface area contributed by atoms with Crippen molar-refractivity contribution in [2.24, 2.45) is 0 Å². The van der Waals surface area contributed by atoms with E-state index in [1.807, 2.05) is 98.8 Å². The fraction of sp³-hybridized carbons (Fsp3) is 0.222. The van der Waals surface area contributed by atoms with E-state index in [1.54, 1.807) is 74.5 Å². The van der Waals surface area contributed by atoms with Crippen molar-refractivity contribution in [2.75, 3.05) is 0 Å². The Bertz CT molecular complexity index is 2690. The van der Waals surface area contributed by atoms with Crippen molar-refractivity contribution in [3.05, 3.63) is 199 Å². The van der Waals surface area contributed by atoms with Gasteiger partial charge in [0, 0.05) is 16.9 Å². The first-order valence-corrected chi connectivity index (χ1v) is 22.1. The minimum absolute atomic E-state index is 0.151. The molecule has 0 amide bonds. The normalized spacial score (nSPS) is 12.2. The average Bonchev–Trinajstić information content (AvgIpc) is 3.26. The molecule has 0 bridgehead atoms. The van der Waals surface area contributed by atoms with Gasteiger partial charge < -0.3 is 18.9 Å². The molecule has 63 heavy (non-hydrogen) atoms. The molecular formula is C54H54O8S. The molecule has 324 valence electrons. The van der Waals surface area contributed by atoms with E-state index in [0.717, 1.165) is 33.9 Å². The monoisotopic (exact) mass is 862 g/mol. The van der Waals surface area contributed by atoms with Crippen LogP contribution in [0.25, 0.3) is 0 Å². The van der Waals surface area contributed by atoms with Gasteiger partial charge >= 0.3 is 5.97 Å². The number of carbonyl (C=O) groups excluding carboxylic acids is 2. The van der Waals surface area contributed by atoms with Gasteiger partial charge in [-0.15, -0.1) is 0 Å². The maximum atomic E-state index is 13.7. The van der Waals surface area contributed by atoms with Gasteiger partial charge in [-0.1, -0.05) is 102 Å². The van der Waals surface area contributed by atoms with Crippen LogP contribution in [0.4, 0.5) is 0 Å². The first kappa shape index (κ1) is 45.8. The molecule has 9 heteroatoms. The van der Waals surface area contributed by atoms with Gasteiger partial charge in [-0.05, 0) is 147 Å². The Labute approximate surface area is 371 Å². The number of hydrogen-bond acceptors (Lipinski definition) is 8. The van der Waals surface area contributed by atoms with E-state index in [9.17, 15) is 18.0 Å². The van der Waals surface area contributed by atoms with Gasteiger partial charge in [-0.3, -0.25) is 4.79 Å². The number of esters is 1. The molecule has 0 spiro atoms. The summed E-state index contributed by atoms with van der Waals surface area (Å²) < 4.78 is 51.1. The van der Waals surface area contributed by atoms with Crippen LogP contribution in [0.15, 0.2) is 181 Å². The number of hydrogen-bond donors (Lipinski definition) is 0. The summed E-state index contributed by atoms with van der Waals surface area (Å²) in [5.41, 5.74) is 2.62. The molecule has 0 heterocycles. The Balaban J connectivity index is 1.06. The van der Waals surface area contributed by atoms with Gasteiger partial charge in [-0.2, -0.15) is 0 Å². The third kappa shape index (κ3) is 10.3. The van der Waals surface area contributed by atoms with Crippen LogP contribution in [-0.4, -0.2) is 25.8 Å². The molecule has 8 nitrogen and oxygen atoms in total. The number of ether oxygens (including phenoxy) is 4.